The summed E-state index contributed by atoms with van der Waals surface area (Å²) in [5.41, 5.74) is 0.486. The van der Waals surface area contributed by atoms with E-state index in [-0.39, 0.29) is 21.1 Å². The molecule has 5 heteroatoms. The zero-order chi connectivity index (χ0) is 10.6. The fourth-order valence-electron chi connectivity index (χ4n) is 1.20. The fourth-order valence-corrected chi connectivity index (χ4v) is 1.20. The van der Waals surface area contributed by atoms with Crippen molar-refractivity contribution in [2.75, 3.05) is 7.05 Å². The molecule has 0 aliphatic carbocycles. The number of benzene rings is 1. The largest absolute Gasteiger partial charge is 0.480 e. The number of hydrogen-bond acceptors (Lipinski definition) is 2. The summed E-state index contributed by atoms with van der Waals surface area (Å²) in [4.78, 5) is 22.1. The molecular weight excluding hydrogens is 366 g/mol. The Bertz CT molecular complexity index is 340. The van der Waals surface area contributed by atoms with Crippen molar-refractivity contribution in [3.05, 3.63) is 35.9 Å². The van der Waals surface area contributed by atoms with Crippen LogP contribution in [0.25, 0.3) is 0 Å². The van der Waals surface area contributed by atoms with Gasteiger partial charge in [0.2, 0.25) is 5.91 Å². The minimum atomic E-state index is -1.14. The Hall–Kier alpha value is -1.15. The van der Waals surface area contributed by atoms with Gasteiger partial charge in [-0.1, -0.05) is 30.3 Å². The summed E-state index contributed by atoms with van der Waals surface area (Å²) in [5, 5.41) is 11.2. The summed E-state index contributed by atoms with van der Waals surface area (Å²) in [6.45, 7) is 0. The first-order chi connectivity index (χ1) is 6.66. The van der Waals surface area contributed by atoms with Crippen molar-refractivity contribution in [3.8, 4) is 0 Å². The van der Waals surface area contributed by atoms with Gasteiger partial charge in [-0.2, -0.15) is 0 Å². The number of aliphatic carboxylic acids is 1. The second-order valence-electron chi connectivity index (χ2n) is 2.80. The summed E-state index contributed by atoms with van der Waals surface area (Å²) in [6.07, 6.45) is 0. The first-order valence-electron chi connectivity index (χ1n) is 4.16. The van der Waals surface area contributed by atoms with Crippen LogP contribution in [0.1, 0.15) is 11.5 Å². The molecule has 0 heterocycles. The third-order valence-electron chi connectivity index (χ3n) is 1.89. The molecule has 15 heavy (non-hydrogen) atoms. The van der Waals surface area contributed by atoms with Gasteiger partial charge in [0.05, 0.1) is 0 Å². The zero-order valence-electron chi connectivity index (χ0n) is 8.14. The molecule has 1 aromatic rings. The molecule has 4 nitrogen and oxygen atoms in total. The van der Waals surface area contributed by atoms with Crippen molar-refractivity contribution >= 4 is 11.9 Å². The molecule has 0 spiro atoms. The number of rotatable bonds is 3. The van der Waals surface area contributed by atoms with Gasteiger partial charge in [-0.3, -0.25) is 9.59 Å². The Kier molecular flexibility index (Phi) is 5.87. The standard InChI is InChI=1S/C10H11NO3.W/c1-11-9(12)8(10(13)14)7-5-3-2-4-6-7;/h2-6,8H,1H3,(H,11,12)(H,13,14);. The minimum absolute atomic E-state index is 0. The summed E-state index contributed by atoms with van der Waals surface area (Å²) >= 11 is 0. The quantitative estimate of drug-likeness (QED) is 0.759. The molecule has 0 radical (unpaired) electrons. The van der Waals surface area contributed by atoms with Crippen molar-refractivity contribution in [3.63, 3.8) is 0 Å². The molecule has 80 valence electrons. The van der Waals surface area contributed by atoms with Crippen LogP contribution < -0.4 is 5.32 Å². The number of hydrogen-bond donors (Lipinski definition) is 2. The van der Waals surface area contributed by atoms with E-state index in [4.69, 9.17) is 5.11 Å². The third kappa shape index (κ3) is 3.48. The van der Waals surface area contributed by atoms with Crippen LogP contribution in [0.15, 0.2) is 30.3 Å². The Morgan fingerprint density at radius 2 is 1.80 bits per heavy atom. The van der Waals surface area contributed by atoms with Gasteiger partial charge in [-0.15, -0.1) is 0 Å². The molecule has 1 aromatic carbocycles. The van der Waals surface area contributed by atoms with Crippen LogP contribution in [-0.4, -0.2) is 24.0 Å². The summed E-state index contributed by atoms with van der Waals surface area (Å²) in [5.74, 6) is -2.78. The van der Waals surface area contributed by atoms with Crippen LogP contribution in [-0.2, 0) is 30.7 Å². The molecule has 1 atom stereocenters. The molecule has 2 N–H and O–H groups in total. The molecular formula is C10H11NO3W. The molecule has 0 bridgehead atoms. The van der Waals surface area contributed by atoms with E-state index in [2.05, 4.69) is 5.32 Å². The molecule has 0 aromatic heterocycles. The summed E-state index contributed by atoms with van der Waals surface area (Å²) in [7, 11) is 1.42. The molecule has 1 rings (SSSR count). The predicted octanol–water partition coefficient (Wildman–Crippen LogP) is 0.598. The van der Waals surface area contributed by atoms with Crippen molar-refractivity contribution in [1.82, 2.24) is 5.32 Å². The second kappa shape index (κ2) is 6.35. The smallest absolute Gasteiger partial charge is 0.320 e. The monoisotopic (exact) mass is 377 g/mol. The van der Waals surface area contributed by atoms with Crippen LogP contribution in [0.3, 0.4) is 0 Å². The van der Waals surface area contributed by atoms with Gasteiger partial charge in [-0.25, -0.2) is 0 Å². The molecule has 0 saturated heterocycles. The number of amides is 1. The van der Waals surface area contributed by atoms with Gasteiger partial charge in [0.15, 0.2) is 5.92 Å². The zero-order valence-corrected chi connectivity index (χ0v) is 11.1. The molecule has 0 saturated carbocycles. The Morgan fingerprint density at radius 1 is 1.27 bits per heavy atom. The summed E-state index contributed by atoms with van der Waals surface area (Å²) < 4.78 is 0. The van der Waals surface area contributed by atoms with Crippen LogP contribution in [0.2, 0.25) is 0 Å². The first kappa shape index (κ1) is 13.8. The molecule has 0 fully saturated rings. The van der Waals surface area contributed by atoms with E-state index < -0.39 is 17.8 Å². The Balaban J connectivity index is 0.00000196. The molecule has 0 aliphatic heterocycles. The van der Waals surface area contributed by atoms with Crippen molar-refractivity contribution < 1.29 is 35.8 Å². The van der Waals surface area contributed by atoms with Gasteiger partial charge < -0.3 is 10.4 Å². The fraction of sp³-hybridized carbons (Fsp3) is 0.200. The van der Waals surface area contributed by atoms with Gasteiger partial charge >= 0.3 is 5.97 Å². The number of carbonyl (C=O) groups is 2. The van der Waals surface area contributed by atoms with E-state index in [9.17, 15) is 9.59 Å². The number of nitrogens with one attached hydrogen (secondary N) is 1. The van der Waals surface area contributed by atoms with E-state index >= 15 is 0 Å². The van der Waals surface area contributed by atoms with E-state index in [1.54, 1.807) is 30.3 Å². The van der Waals surface area contributed by atoms with Gasteiger partial charge in [-0.05, 0) is 5.56 Å². The maximum Gasteiger partial charge on any atom is 0.320 e. The normalized spacial score (nSPS) is 11.0. The number of carboxylic acids is 1. The minimum Gasteiger partial charge on any atom is -0.480 e. The van der Waals surface area contributed by atoms with Crippen molar-refractivity contribution in [2.24, 2.45) is 0 Å². The van der Waals surface area contributed by atoms with E-state index in [1.165, 1.54) is 7.05 Å². The average Bonchev–Trinajstić information content (AvgIpc) is 2.19. The van der Waals surface area contributed by atoms with Gasteiger partial charge in [0.1, 0.15) is 0 Å². The molecule has 1 amide bonds. The van der Waals surface area contributed by atoms with Crippen molar-refractivity contribution in [2.45, 2.75) is 5.92 Å². The van der Waals surface area contributed by atoms with Crippen LogP contribution in [0.4, 0.5) is 0 Å². The summed E-state index contributed by atoms with van der Waals surface area (Å²) in [6, 6.07) is 8.41. The SMILES string of the molecule is CNC(=O)C(C(=O)O)c1ccccc1.[W]. The third-order valence-corrected chi connectivity index (χ3v) is 1.89. The topological polar surface area (TPSA) is 66.4 Å². The second-order valence-corrected chi connectivity index (χ2v) is 2.80. The predicted molar refractivity (Wildman–Crippen MR) is 50.9 cm³/mol. The average molecular weight is 377 g/mol. The number of carbonyl (C=O) groups excluding carboxylic acids is 1. The Morgan fingerprint density at radius 3 is 2.20 bits per heavy atom. The number of likely N-dealkylation sites (N-methyl/N-ethyl adjacent to an activating group) is 1. The van der Waals surface area contributed by atoms with Crippen LogP contribution in [0.5, 0.6) is 0 Å². The maximum atomic E-state index is 11.3. The molecule has 1 unspecified atom stereocenters. The Labute approximate surface area is 102 Å². The first-order valence-corrected chi connectivity index (χ1v) is 4.16. The van der Waals surface area contributed by atoms with E-state index in [1.807, 2.05) is 0 Å². The van der Waals surface area contributed by atoms with E-state index in [0.29, 0.717) is 5.56 Å². The van der Waals surface area contributed by atoms with Gasteiger partial charge in [0.25, 0.3) is 0 Å². The van der Waals surface area contributed by atoms with Crippen molar-refractivity contribution in [1.29, 1.82) is 0 Å². The van der Waals surface area contributed by atoms with Crippen LogP contribution in [0, 0.1) is 0 Å². The number of carboxylic acid groups (broad SMARTS) is 1. The maximum absolute atomic E-state index is 11.3. The molecule has 0 aliphatic rings. The van der Waals surface area contributed by atoms with Gasteiger partial charge in [0, 0.05) is 28.1 Å². The van der Waals surface area contributed by atoms with Crippen LogP contribution >= 0.6 is 0 Å². The van der Waals surface area contributed by atoms with E-state index in [0.717, 1.165) is 0 Å².